The number of phenolic OH excluding ortho intramolecular Hbond substituents is 2. The maximum atomic E-state index is 12.2. The van der Waals surface area contributed by atoms with Gasteiger partial charge in [-0.1, -0.05) is 31.2 Å². The van der Waals surface area contributed by atoms with Gasteiger partial charge in [-0.3, -0.25) is 4.79 Å². The molecule has 0 aliphatic carbocycles. The van der Waals surface area contributed by atoms with Gasteiger partial charge in [-0.25, -0.2) is 0 Å². The molecule has 3 N–H and O–H groups in total. The third kappa shape index (κ3) is 4.65. The number of benzene rings is 2. The lowest BCUT2D eigenvalue weighted by Gasteiger charge is -2.13. The first-order valence-electron chi connectivity index (χ1n) is 7.91. The molecule has 24 heavy (non-hydrogen) atoms. The quantitative estimate of drug-likeness (QED) is 0.682. The number of ether oxygens (including phenoxy) is 1. The number of carbonyl (C=O) groups is 1. The Balaban J connectivity index is 1.84. The van der Waals surface area contributed by atoms with Gasteiger partial charge in [-0.2, -0.15) is 0 Å². The first kappa shape index (κ1) is 17.7. The van der Waals surface area contributed by atoms with E-state index in [9.17, 15) is 15.0 Å². The van der Waals surface area contributed by atoms with Crippen molar-refractivity contribution in [3.05, 3.63) is 53.6 Å². The molecule has 0 aliphatic rings. The summed E-state index contributed by atoms with van der Waals surface area (Å²) in [7, 11) is 1.63. The second kappa shape index (κ2) is 8.24. The highest BCUT2D eigenvalue weighted by molar-refractivity contribution is 5.78. The zero-order chi connectivity index (χ0) is 17.5. The molecule has 1 unspecified atom stereocenters. The third-order valence-electron chi connectivity index (χ3n) is 3.92. The molecule has 1 amide bonds. The predicted octanol–water partition coefficient (Wildman–Crippen LogP) is 2.64. The average Bonchev–Trinajstić information content (AvgIpc) is 2.58. The van der Waals surface area contributed by atoms with Crippen LogP contribution in [0.25, 0.3) is 0 Å². The van der Waals surface area contributed by atoms with Gasteiger partial charge in [-0.05, 0) is 42.2 Å². The Kier molecular flexibility index (Phi) is 6.07. The van der Waals surface area contributed by atoms with E-state index in [0.717, 1.165) is 16.9 Å². The SMILES string of the molecule is COc1ccccc1CCNC(=O)C(C)Cc1ccc(O)c(O)c1. The molecule has 0 aromatic heterocycles. The Labute approximate surface area is 141 Å². The van der Waals surface area contributed by atoms with Crippen LogP contribution >= 0.6 is 0 Å². The highest BCUT2D eigenvalue weighted by Crippen LogP contribution is 2.26. The van der Waals surface area contributed by atoms with Gasteiger partial charge in [0, 0.05) is 12.5 Å². The number of phenols is 2. The molecule has 5 heteroatoms. The Hall–Kier alpha value is -2.69. The van der Waals surface area contributed by atoms with Crippen LogP contribution in [0.15, 0.2) is 42.5 Å². The zero-order valence-corrected chi connectivity index (χ0v) is 14.0. The van der Waals surface area contributed by atoms with Crippen LogP contribution in [0.2, 0.25) is 0 Å². The fraction of sp³-hybridized carbons (Fsp3) is 0.316. The molecule has 2 rings (SSSR count). The number of para-hydroxylation sites is 1. The zero-order valence-electron chi connectivity index (χ0n) is 14.0. The van der Waals surface area contributed by atoms with Crippen molar-refractivity contribution in [1.82, 2.24) is 5.32 Å². The summed E-state index contributed by atoms with van der Waals surface area (Å²) in [6, 6.07) is 12.3. The van der Waals surface area contributed by atoms with Crippen molar-refractivity contribution in [2.24, 2.45) is 5.92 Å². The molecular formula is C19H23NO4. The van der Waals surface area contributed by atoms with E-state index in [-0.39, 0.29) is 23.3 Å². The predicted molar refractivity (Wildman–Crippen MR) is 92.3 cm³/mol. The van der Waals surface area contributed by atoms with Crippen LogP contribution < -0.4 is 10.1 Å². The van der Waals surface area contributed by atoms with Crippen LogP contribution in [0.5, 0.6) is 17.2 Å². The summed E-state index contributed by atoms with van der Waals surface area (Å²) in [5, 5.41) is 21.7. The Morgan fingerprint density at radius 3 is 2.62 bits per heavy atom. The van der Waals surface area contributed by atoms with E-state index in [0.29, 0.717) is 19.4 Å². The summed E-state index contributed by atoms with van der Waals surface area (Å²) in [5.74, 6) is 0.215. The molecule has 0 spiro atoms. The number of nitrogens with one attached hydrogen (secondary N) is 1. The fourth-order valence-corrected chi connectivity index (χ4v) is 2.55. The lowest BCUT2D eigenvalue weighted by Crippen LogP contribution is -2.31. The molecular weight excluding hydrogens is 306 g/mol. The van der Waals surface area contributed by atoms with E-state index in [1.54, 1.807) is 13.2 Å². The van der Waals surface area contributed by atoms with E-state index in [1.807, 2.05) is 31.2 Å². The largest absolute Gasteiger partial charge is 0.504 e. The maximum Gasteiger partial charge on any atom is 0.223 e. The summed E-state index contributed by atoms with van der Waals surface area (Å²) < 4.78 is 5.29. The standard InChI is InChI=1S/C19H23NO4/c1-13(11-14-7-8-16(21)17(22)12-14)19(23)20-10-9-15-5-3-4-6-18(15)24-2/h3-8,12-13,21-22H,9-11H2,1-2H3,(H,20,23). The molecule has 0 radical (unpaired) electrons. The van der Waals surface area contributed by atoms with Crippen molar-refractivity contribution in [2.45, 2.75) is 19.8 Å². The molecule has 0 bridgehead atoms. The molecule has 0 fully saturated rings. The topological polar surface area (TPSA) is 78.8 Å². The third-order valence-corrected chi connectivity index (χ3v) is 3.92. The van der Waals surface area contributed by atoms with E-state index < -0.39 is 0 Å². The van der Waals surface area contributed by atoms with Gasteiger partial charge in [0.2, 0.25) is 5.91 Å². The molecule has 2 aromatic rings. The number of rotatable bonds is 7. The van der Waals surface area contributed by atoms with Crippen molar-refractivity contribution in [1.29, 1.82) is 0 Å². The average molecular weight is 329 g/mol. The van der Waals surface area contributed by atoms with Crippen LogP contribution in [-0.2, 0) is 17.6 Å². The number of hydrogen-bond donors (Lipinski definition) is 3. The van der Waals surface area contributed by atoms with E-state index in [2.05, 4.69) is 5.32 Å². The smallest absolute Gasteiger partial charge is 0.223 e. The van der Waals surface area contributed by atoms with Crippen molar-refractivity contribution in [3.8, 4) is 17.2 Å². The minimum Gasteiger partial charge on any atom is -0.504 e. The molecule has 0 saturated heterocycles. The lowest BCUT2D eigenvalue weighted by molar-refractivity contribution is -0.124. The van der Waals surface area contributed by atoms with Crippen LogP contribution in [-0.4, -0.2) is 29.8 Å². The number of aromatic hydroxyl groups is 2. The first-order valence-corrected chi connectivity index (χ1v) is 7.91. The van der Waals surface area contributed by atoms with Gasteiger partial charge < -0.3 is 20.3 Å². The fourth-order valence-electron chi connectivity index (χ4n) is 2.55. The highest BCUT2D eigenvalue weighted by Gasteiger charge is 2.14. The Bertz CT molecular complexity index is 700. The van der Waals surface area contributed by atoms with Gasteiger partial charge in [0.05, 0.1) is 7.11 Å². The van der Waals surface area contributed by atoms with Gasteiger partial charge in [-0.15, -0.1) is 0 Å². The maximum absolute atomic E-state index is 12.2. The molecule has 2 aromatic carbocycles. The summed E-state index contributed by atoms with van der Waals surface area (Å²) >= 11 is 0. The van der Waals surface area contributed by atoms with Gasteiger partial charge in [0.1, 0.15) is 5.75 Å². The van der Waals surface area contributed by atoms with Crippen LogP contribution in [0.4, 0.5) is 0 Å². The van der Waals surface area contributed by atoms with E-state index in [1.165, 1.54) is 12.1 Å². The van der Waals surface area contributed by atoms with Crippen molar-refractivity contribution in [2.75, 3.05) is 13.7 Å². The van der Waals surface area contributed by atoms with E-state index in [4.69, 9.17) is 4.74 Å². The summed E-state index contributed by atoms with van der Waals surface area (Å²) in [5.41, 5.74) is 1.86. The van der Waals surface area contributed by atoms with Crippen molar-refractivity contribution >= 4 is 5.91 Å². The number of methoxy groups -OCH3 is 1. The lowest BCUT2D eigenvalue weighted by atomic mass is 10.00. The Morgan fingerprint density at radius 1 is 1.17 bits per heavy atom. The van der Waals surface area contributed by atoms with Crippen molar-refractivity contribution in [3.63, 3.8) is 0 Å². The summed E-state index contributed by atoms with van der Waals surface area (Å²) in [4.78, 5) is 12.2. The molecule has 0 heterocycles. The minimum atomic E-state index is -0.230. The number of carbonyl (C=O) groups excluding carboxylic acids is 1. The van der Waals surface area contributed by atoms with Gasteiger partial charge in [0.15, 0.2) is 11.5 Å². The van der Waals surface area contributed by atoms with Crippen LogP contribution in [0.3, 0.4) is 0 Å². The van der Waals surface area contributed by atoms with Crippen molar-refractivity contribution < 1.29 is 19.7 Å². The summed E-state index contributed by atoms with van der Waals surface area (Å²) in [6.45, 7) is 2.37. The first-order chi connectivity index (χ1) is 11.5. The molecule has 128 valence electrons. The molecule has 0 aliphatic heterocycles. The highest BCUT2D eigenvalue weighted by atomic mass is 16.5. The van der Waals surface area contributed by atoms with Crippen LogP contribution in [0, 0.1) is 5.92 Å². The molecule has 1 atom stereocenters. The monoisotopic (exact) mass is 329 g/mol. The summed E-state index contributed by atoms with van der Waals surface area (Å²) in [6.07, 6.45) is 1.19. The molecule has 5 nitrogen and oxygen atoms in total. The number of hydrogen-bond acceptors (Lipinski definition) is 4. The molecule has 0 saturated carbocycles. The number of amides is 1. The van der Waals surface area contributed by atoms with Gasteiger partial charge >= 0.3 is 0 Å². The minimum absolute atomic E-state index is 0.0440. The van der Waals surface area contributed by atoms with E-state index >= 15 is 0 Å². The normalized spacial score (nSPS) is 11.8. The second-order valence-electron chi connectivity index (χ2n) is 5.78. The van der Waals surface area contributed by atoms with Crippen LogP contribution in [0.1, 0.15) is 18.1 Å². The Morgan fingerprint density at radius 2 is 1.92 bits per heavy atom. The second-order valence-corrected chi connectivity index (χ2v) is 5.78. The van der Waals surface area contributed by atoms with Gasteiger partial charge in [0.25, 0.3) is 0 Å².